The van der Waals surface area contributed by atoms with E-state index in [-0.39, 0.29) is 0 Å². The average molecular weight is 871 g/mol. The largest absolute Gasteiger partial charge is 0.311 e. The maximum atomic E-state index is 2.51. The zero-order valence-corrected chi connectivity index (χ0v) is 38.0. The predicted octanol–water partition coefficient (Wildman–Crippen LogP) is 14.5. The van der Waals surface area contributed by atoms with Crippen LogP contribution in [0.15, 0.2) is 279 Å². The summed E-state index contributed by atoms with van der Waals surface area (Å²) >= 11 is 0. The molecule has 0 amide bonds. The summed E-state index contributed by atoms with van der Waals surface area (Å²) in [5, 5.41) is 8.01. The molecule has 0 saturated heterocycles. The molecule has 11 aromatic carbocycles. The monoisotopic (exact) mass is 870 g/mol. The zero-order chi connectivity index (χ0) is 44.6. The topological polar surface area (TPSA) is 6.48 Å². The van der Waals surface area contributed by atoms with Gasteiger partial charge in [-0.2, -0.15) is 0 Å². The number of rotatable bonds is 9. The Hall–Kier alpha value is -8.50. The normalized spacial score (nSPS) is 12.6. The van der Waals surface area contributed by atoms with Crippen LogP contribution in [0.5, 0.6) is 0 Å². The minimum Gasteiger partial charge on any atom is -0.311 e. The van der Waals surface area contributed by atoms with Gasteiger partial charge in [-0.3, -0.25) is 0 Å². The van der Waals surface area contributed by atoms with Gasteiger partial charge in [0.1, 0.15) is 0 Å². The molecule has 67 heavy (non-hydrogen) atoms. The first-order valence-corrected chi connectivity index (χ1v) is 25.1. The van der Waals surface area contributed by atoms with Crippen molar-refractivity contribution in [3.63, 3.8) is 0 Å². The third-order valence-corrected chi connectivity index (χ3v) is 18.4. The fraction of sp³-hybridized carbons (Fsp3) is 0. The standard InChI is InChI=1S/C64H46N2Si/c1-5-18-47(19-6-1)48-32-39-54(40-33-48)65(56-43-36-51(37-44-56)60-29-17-21-50-20-13-14-28-59(50)60)55-41-34-49(35-42-55)52-38-45-62-64(46-52)67(57-24-9-3-10-25-57,58-26-11-4-12-27-58)63-31-16-15-30-61(63)66(62)53-22-7-2-8-23-53/h1-46H. The Morgan fingerprint density at radius 3 is 1.37 bits per heavy atom. The van der Waals surface area contributed by atoms with Gasteiger partial charge in [-0.25, -0.2) is 0 Å². The van der Waals surface area contributed by atoms with Crippen molar-refractivity contribution in [3.05, 3.63) is 279 Å². The molecule has 0 aromatic heterocycles. The molecule has 0 fully saturated rings. The number of benzene rings is 11. The van der Waals surface area contributed by atoms with Gasteiger partial charge in [-0.15, -0.1) is 0 Å². The Labute approximate surface area is 394 Å². The molecule has 11 aromatic rings. The zero-order valence-electron chi connectivity index (χ0n) is 37.0. The number of fused-ring (bicyclic) bond motifs is 3. The molecule has 0 radical (unpaired) electrons. The van der Waals surface area contributed by atoms with Gasteiger partial charge in [0.2, 0.25) is 0 Å². The highest BCUT2D eigenvalue weighted by Gasteiger charge is 2.48. The smallest absolute Gasteiger partial charge is 0.184 e. The highest BCUT2D eigenvalue weighted by molar-refractivity contribution is 7.21. The van der Waals surface area contributed by atoms with Crippen LogP contribution in [0.25, 0.3) is 44.2 Å². The molecule has 1 heterocycles. The summed E-state index contributed by atoms with van der Waals surface area (Å²) in [6, 6.07) is 103. The Morgan fingerprint density at radius 1 is 0.299 bits per heavy atom. The molecular formula is C64H46N2Si. The SMILES string of the molecule is c1ccc(-c2ccc(N(c3ccc(-c4ccc5c(c4)[Si](c4ccccc4)(c4ccccc4)c4ccccc4N5c4ccccc4)cc3)c3ccc(-c4cccc5ccccc45)cc3)cc2)cc1. The van der Waals surface area contributed by atoms with Crippen LogP contribution in [-0.4, -0.2) is 8.07 Å². The number of nitrogens with zero attached hydrogens (tertiary/aromatic N) is 2. The van der Waals surface area contributed by atoms with Crippen LogP contribution < -0.4 is 30.5 Å². The van der Waals surface area contributed by atoms with Gasteiger partial charge in [0.15, 0.2) is 8.07 Å². The molecule has 0 saturated carbocycles. The van der Waals surface area contributed by atoms with Crippen LogP contribution in [0.3, 0.4) is 0 Å². The second-order valence-electron chi connectivity index (χ2n) is 17.3. The highest BCUT2D eigenvalue weighted by Crippen LogP contribution is 2.41. The van der Waals surface area contributed by atoms with Crippen molar-refractivity contribution in [1.82, 2.24) is 0 Å². The fourth-order valence-electron chi connectivity index (χ4n) is 10.4. The van der Waals surface area contributed by atoms with E-state index in [9.17, 15) is 0 Å². The first-order chi connectivity index (χ1) is 33.2. The second-order valence-corrected chi connectivity index (χ2v) is 21.0. The van der Waals surface area contributed by atoms with Crippen molar-refractivity contribution in [2.45, 2.75) is 0 Å². The quantitative estimate of drug-likeness (QED) is 0.133. The lowest BCUT2D eigenvalue weighted by atomic mass is 9.98. The molecule has 0 atom stereocenters. The highest BCUT2D eigenvalue weighted by atomic mass is 28.3. The van der Waals surface area contributed by atoms with E-state index in [1.165, 1.54) is 76.3 Å². The number of para-hydroxylation sites is 2. The van der Waals surface area contributed by atoms with Crippen LogP contribution >= 0.6 is 0 Å². The van der Waals surface area contributed by atoms with Crippen molar-refractivity contribution in [3.8, 4) is 33.4 Å². The van der Waals surface area contributed by atoms with E-state index in [1.54, 1.807) is 0 Å². The molecule has 3 heteroatoms. The molecular weight excluding hydrogens is 825 g/mol. The van der Waals surface area contributed by atoms with Crippen LogP contribution in [0, 0.1) is 0 Å². The maximum absolute atomic E-state index is 2.86. The first kappa shape index (κ1) is 40.0. The van der Waals surface area contributed by atoms with Crippen molar-refractivity contribution in [2.24, 2.45) is 0 Å². The van der Waals surface area contributed by atoms with Crippen LogP contribution in [0.1, 0.15) is 0 Å². The van der Waals surface area contributed by atoms with Gasteiger partial charge >= 0.3 is 0 Å². The molecule has 0 aliphatic carbocycles. The second kappa shape index (κ2) is 17.1. The van der Waals surface area contributed by atoms with Crippen molar-refractivity contribution < 1.29 is 0 Å². The summed E-state index contributed by atoms with van der Waals surface area (Å²) in [6.45, 7) is 0. The summed E-state index contributed by atoms with van der Waals surface area (Å²) in [6.07, 6.45) is 0. The van der Waals surface area contributed by atoms with Crippen LogP contribution in [-0.2, 0) is 0 Å². The summed E-state index contributed by atoms with van der Waals surface area (Å²) < 4.78 is 0. The van der Waals surface area contributed by atoms with Gasteiger partial charge in [0.25, 0.3) is 0 Å². The lowest BCUT2D eigenvalue weighted by Gasteiger charge is -2.45. The lowest BCUT2D eigenvalue weighted by Crippen LogP contribution is -2.77. The van der Waals surface area contributed by atoms with E-state index >= 15 is 0 Å². The third-order valence-electron chi connectivity index (χ3n) is 13.5. The first-order valence-electron chi connectivity index (χ1n) is 23.1. The lowest BCUT2D eigenvalue weighted by molar-refractivity contribution is 1.28. The van der Waals surface area contributed by atoms with E-state index in [1.807, 2.05) is 0 Å². The molecule has 0 N–H and O–H groups in total. The summed E-state index contributed by atoms with van der Waals surface area (Å²) in [5.41, 5.74) is 14.1. The third kappa shape index (κ3) is 7.05. The van der Waals surface area contributed by atoms with E-state index in [4.69, 9.17) is 0 Å². The van der Waals surface area contributed by atoms with E-state index in [2.05, 4.69) is 289 Å². The molecule has 1 aliphatic heterocycles. The van der Waals surface area contributed by atoms with Gasteiger partial charge in [0.05, 0.1) is 0 Å². The Kier molecular flexibility index (Phi) is 10.2. The molecule has 1 aliphatic rings. The van der Waals surface area contributed by atoms with Crippen molar-refractivity contribution >= 4 is 73.7 Å². The fourth-order valence-corrected chi connectivity index (χ4v) is 15.6. The van der Waals surface area contributed by atoms with Crippen LogP contribution in [0.4, 0.5) is 34.1 Å². The molecule has 316 valence electrons. The Balaban J connectivity index is 0.991. The van der Waals surface area contributed by atoms with E-state index in [0.29, 0.717) is 0 Å². The number of anilines is 6. The molecule has 12 rings (SSSR count). The Bertz CT molecular complexity index is 3440. The minimum absolute atomic E-state index is 1.09. The summed E-state index contributed by atoms with van der Waals surface area (Å²) in [5.74, 6) is 0. The van der Waals surface area contributed by atoms with Gasteiger partial charge in [-0.05, 0) is 126 Å². The molecule has 0 spiro atoms. The minimum atomic E-state index is -2.86. The van der Waals surface area contributed by atoms with E-state index in [0.717, 1.165) is 22.7 Å². The molecule has 2 nitrogen and oxygen atoms in total. The van der Waals surface area contributed by atoms with Gasteiger partial charge < -0.3 is 9.80 Å². The number of hydrogen-bond acceptors (Lipinski definition) is 2. The van der Waals surface area contributed by atoms with Crippen molar-refractivity contribution in [1.29, 1.82) is 0 Å². The maximum Gasteiger partial charge on any atom is 0.184 e. The van der Waals surface area contributed by atoms with Gasteiger partial charge in [0, 0.05) is 34.1 Å². The summed E-state index contributed by atoms with van der Waals surface area (Å²) in [4.78, 5) is 4.84. The summed E-state index contributed by atoms with van der Waals surface area (Å²) in [7, 11) is -2.86. The molecule has 0 unspecified atom stereocenters. The van der Waals surface area contributed by atoms with Gasteiger partial charge in [-0.1, -0.05) is 218 Å². The molecule has 0 bridgehead atoms. The van der Waals surface area contributed by atoms with Crippen LogP contribution in [0.2, 0.25) is 0 Å². The number of hydrogen-bond donors (Lipinski definition) is 0. The van der Waals surface area contributed by atoms with E-state index < -0.39 is 8.07 Å². The Morgan fingerprint density at radius 2 is 0.746 bits per heavy atom. The van der Waals surface area contributed by atoms with Crippen molar-refractivity contribution in [2.75, 3.05) is 9.80 Å². The predicted molar refractivity (Wildman–Crippen MR) is 287 cm³/mol. The average Bonchev–Trinajstić information content (AvgIpc) is 3.41.